The Morgan fingerprint density at radius 1 is 1.22 bits per heavy atom. The zero-order valence-corrected chi connectivity index (χ0v) is 11.6. The fourth-order valence-electron chi connectivity index (χ4n) is 1.67. The average Bonchev–Trinajstić information content (AvgIpc) is 2.38. The molecular weight excluding hydrogens is 240 g/mol. The number of pyridine rings is 1. The maximum absolute atomic E-state index is 5.80. The van der Waals surface area contributed by atoms with Gasteiger partial charge in [-0.2, -0.15) is 0 Å². The summed E-state index contributed by atoms with van der Waals surface area (Å²) < 4.78 is 0. The van der Waals surface area contributed by atoms with E-state index in [0.717, 1.165) is 16.3 Å². The van der Waals surface area contributed by atoms with E-state index in [0.29, 0.717) is 0 Å². The topological polar surface area (TPSA) is 38.9 Å². The number of hydrogen-bond acceptors (Lipinski definition) is 3. The molecule has 1 atom stereocenters. The summed E-state index contributed by atoms with van der Waals surface area (Å²) in [4.78, 5) is 4.43. The number of aromatic nitrogens is 1. The van der Waals surface area contributed by atoms with Gasteiger partial charge in [0.15, 0.2) is 0 Å². The van der Waals surface area contributed by atoms with Crippen LogP contribution in [0.15, 0.2) is 47.6 Å². The van der Waals surface area contributed by atoms with Crippen molar-refractivity contribution in [1.82, 2.24) is 4.98 Å². The van der Waals surface area contributed by atoms with Gasteiger partial charge in [-0.15, -0.1) is 11.8 Å². The Labute approximate surface area is 113 Å². The third-order valence-corrected chi connectivity index (χ3v) is 3.91. The molecule has 0 aliphatic carbocycles. The van der Waals surface area contributed by atoms with Crippen molar-refractivity contribution in [2.75, 3.05) is 0 Å². The Morgan fingerprint density at radius 2 is 2.00 bits per heavy atom. The zero-order valence-electron chi connectivity index (χ0n) is 10.8. The molecule has 1 aromatic heterocycles. The van der Waals surface area contributed by atoms with Gasteiger partial charge < -0.3 is 5.73 Å². The van der Waals surface area contributed by atoms with Crippen LogP contribution in [0.25, 0.3) is 0 Å². The van der Waals surface area contributed by atoms with E-state index in [1.807, 2.05) is 19.2 Å². The minimum atomic E-state index is 0.0490. The summed E-state index contributed by atoms with van der Waals surface area (Å²) >= 11 is 1.76. The molecule has 18 heavy (non-hydrogen) atoms. The van der Waals surface area contributed by atoms with Crippen LogP contribution < -0.4 is 5.73 Å². The van der Waals surface area contributed by atoms with E-state index >= 15 is 0 Å². The van der Waals surface area contributed by atoms with Gasteiger partial charge in [-0.05, 0) is 36.6 Å². The number of thioether (sulfide) groups is 1. The molecule has 0 amide bonds. The highest BCUT2D eigenvalue weighted by molar-refractivity contribution is 7.98. The van der Waals surface area contributed by atoms with Crippen LogP contribution in [0.1, 0.15) is 29.7 Å². The maximum atomic E-state index is 5.80. The van der Waals surface area contributed by atoms with Gasteiger partial charge in [-0.25, -0.2) is 4.98 Å². The summed E-state index contributed by atoms with van der Waals surface area (Å²) in [5, 5.41) is 1.04. The van der Waals surface area contributed by atoms with Gasteiger partial charge in [0.05, 0.1) is 5.03 Å². The van der Waals surface area contributed by atoms with E-state index in [1.165, 1.54) is 11.1 Å². The summed E-state index contributed by atoms with van der Waals surface area (Å²) in [5.74, 6) is 0.956. The third kappa shape index (κ3) is 3.34. The van der Waals surface area contributed by atoms with Gasteiger partial charge in [0.1, 0.15) is 0 Å². The summed E-state index contributed by atoms with van der Waals surface area (Å²) in [6.07, 6.45) is 1.87. The lowest BCUT2D eigenvalue weighted by atomic mass is 10.1. The predicted octanol–water partition coefficient (Wildman–Crippen LogP) is 3.70. The van der Waals surface area contributed by atoms with E-state index in [2.05, 4.69) is 42.2 Å². The molecule has 0 bridgehead atoms. The Hall–Kier alpha value is -1.32. The first-order valence-corrected chi connectivity index (χ1v) is 7.04. The first-order valence-electron chi connectivity index (χ1n) is 6.05. The molecule has 0 radical (unpaired) electrons. The van der Waals surface area contributed by atoms with Crippen molar-refractivity contribution in [3.05, 3.63) is 59.3 Å². The fraction of sp³-hybridized carbons (Fsp3) is 0.267. The number of nitrogens with two attached hydrogens (primary N) is 1. The summed E-state index contributed by atoms with van der Waals surface area (Å²) in [5.41, 5.74) is 9.57. The number of nitrogens with zero attached hydrogens (tertiary/aromatic N) is 1. The summed E-state index contributed by atoms with van der Waals surface area (Å²) in [7, 11) is 0. The van der Waals surface area contributed by atoms with Crippen LogP contribution in [0.3, 0.4) is 0 Å². The molecule has 0 spiro atoms. The zero-order chi connectivity index (χ0) is 13.0. The average molecular weight is 258 g/mol. The van der Waals surface area contributed by atoms with E-state index in [4.69, 9.17) is 5.73 Å². The minimum absolute atomic E-state index is 0.0490. The monoisotopic (exact) mass is 258 g/mol. The molecule has 0 saturated heterocycles. The lowest BCUT2D eigenvalue weighted by molar-refractivity contribution is 0.806. The molecule has 0 aliphatic rings. The van der Waals surface area contributed by atoms with Crippen LogP contribution in [0, 0.1) is 6.92 Å². The predicted molar refractivity (Wildman–Crippen MR) is 77.6 cm³/mol. The molecule has 1 heterocycles. The molecule has 2 aromatic rings. The molecule has 94 valence electrons. The van der Waals surface area contributed by atoms with Crippen LogP contribution in [0.5, 0.6) is 0 Å². The minimum Gasteiger partial charge on any atom is -0.324 e. The molecule has 2 rings (SSSR count). The van der Waals surface area contributed by atoms with E-state index in [-0.39, 0.29) is 6.04 Å². The third-order valence-electron chi connectivity index (χ3n) is 2.92. The molecule has 2 N–H and O–H groups in total. The number of hydrogen-bond donors (Lipinski definition) is 1. The van der Waals surface area contributed by atoms with Crippen molar-refractivity contribution in [3.8, 4) is 0 Å². The first kappa shape index (κ1) is 13.1. The van der Waals surface area contributed by atoms with Crippen LogP contribution in [0.4, 0.5) is 0 Å². The Morgan fingerprint density at radius 3 is 2.61 bits per heavy atom. The van der Waals surface area contributed by atoms with Gasteiger partial charge in [0.2, 0.25) is 0 Å². The Bertz CT molecular complexity index is 506. The number of rotatable bonds is 4. The standard InChI is InChI=1S/C15H18N2S/c1-11-5-3-4-6-14(11)10-18-15-8-7-13(9-17-15)12(2)16/h3-9,12H,10,16H2,1-2H3/t12-/m0/s1. The van der Waals surface area contributed by atoms with Gasteiger partial charge >= 0.3 is 0 Å². The smallest absolute Gasteiger partial charge is 0.0963 e. The van der Waals surface area contributed by atoms with Gasteiger partial charge in [-0.3, -0.25) is 0 Å². The van der Waals surface area contributed by atoms with E-state index in [1.54, 1.807) is 11.8 Å². The molecule has 1 aromatic carbocycles. The second-order valence-electron chi connectivity index (χ2n) is 4.43. The molecule has 2 nitrogen and oxygen atoms in total. The van der Waals surface area contributed by atoms with Crippen LogP contribution in [0.2, 0.25) is 0 Å². The molecule has 3 heteroatoms. The van der Waals surface area contributed by atoms with E-state index < -0.39 is 0 Å². The first-order chi connectivity index (χ1) is 8.66. The van der Waals surface area contributed by atoms with Crippen molar-refractivity contribution >= 4 is 11.8 Å². The number of benzene rings is 1. The quantitative estimate of drug-likeness (QED) is 0.850. The van der Waals surface area contributed by atoms with E-state index in [9.17, 15) is 0 Å². The SMILES string of the molecule is Cc1ccccc1CSc1ccc([C@H](C)N)cn1. The number of aryl methyl sites for hydroxylation is 1. The largest absolute Gasteiger partial charge is 0.324 e. The van der Waals surface area contributed by atoms with Crippen LogP contribution >= 0.6 is 11.8 Å². The highest BCUT2D eigenvalue weighted by Gasteiger charge is 2.02. The second-order valence-corrected chi connectivity index (χ2v) is 5.43. The molecule has 0 aliphatic heterocycles. The maximum Gasteiger partial charge on any atom is 0.0963 e. The normalized spacial score (nSPS) is 12.4. The van der Waals surface area contributed by atoms with Gasteiger partial charge in [0, 0.05) is 18.0 Å². The fourth-order valence-corrected chi connectivity index (χ4v) is 2.59. The molecular formula is C15H18N2S. The van der Waals surface area contributed by atoms with Crippen molar-refractivity contribution in [2.45, 2.75) is 30.7 Å². The molecule has 0 unspecified atom stereocenters. The second kappa shape index (κ2) is 6.03. The van der Waals surface area contributed by atoms with Crippen molar-refractivity contribution < 1.29 is 0 Å². The summed E-state index contributed by atoms with van der Waals surface area (Å²) in [6, 6.07) is 12.6. The van der Waals surface area contributed by atoms with Gasteiger partial charge in [-0.1, -0.05) is 30.3 Å². The summed E-state index contributed by atoms with van der Waals surface area (Å²) in [6.45, 7) is 4.11. The van der Waals surface area contributed by atoms with Crippen molar-refractivity contribution in [1.29, 1.82) is 0 Å². The van der Waals surface area contributed by atoms with Crippen LogP contribution in [-0.2, 0) is 5.75 Å². The molecule has 0 fully saturated rings. The lowest BCUT2D eigenvalue weighted by Gasteiger charge is -2.07. The molecule has 0 saturated carbocycles. The Balaban J connectivity index is 2.00. The highest BCUT2D eigenvalue weighted by Crippen LogP contribution is 2.23. The highest BCUT2D eigenvalue weighted by atomic mass is 32.2. The van der Waals surface area contributed by atoms with Gasteiger partial charge in [0.25, 0.3) is 0 Å². The van der Waals surface area contributed by atoms with Crippen molar-refractivity contribution in [2.24, 2.45) is 5.73 Å². The van der Waals surface area contributed by atoms with Crippen molar-refractivity contribution in [3.63, 3.8) is 0 Å². The Kier molecular flexibility index (Phi) is 4.39. The van der Waals surface area contributed by atoms with Crippen LogP contribution in [-0.4, -0.2) is 4.98 Å². The lowest BCUT2D eigenvalue weighted by Crippen LogP contribution is -2.05.